The molecule has 0 amide bonds. The van der Waals surface area contributed by atoms with E-state index in [0.717, 1.165) is 47.3 Å². The Labute approximate surface area is 115 Å². The Bertz CT molecular complexity index is 383. The van der Waals surface area contributed by atoms with Crippen molar-refractivity contribution in [1.82, 2.24) is 0 Å². The zero-order valence-electron chi connectivity index (χ0n) is 11.0. The van der Waals surface area contributed by atoms with Crippen LogP contribution in [0.25, 0.3) is 0 Å². The van der Waals surface area contributed by atoms with E-state index in [4.69, 9.17) is 11.6 Å². The maximum atomic E-state index is 6.32. The summed E-state index contributed by atoms with van der Waals surface area (Å²) in [5.74, 6) is 7.10. The van der Waals surface area contributed by atoms with Gasteiger partial charge in [0.1, 0.15) is 0 Å². The molecule has 0 aromatic heterocycles. The molecular weight excluding hydrogens is 240 g/mol. The van der Waals surface area contributed by atoms with Gasteiger partial charge in [0.15, 0.2) is 0 Å². The topological polar surface area (TPSA) is 0 Å². The largest absolute Gasteiger partial charge is 0.126 e. The number of alkyl halides is 1. The Morgan fingerprint density at radius 2 is 1.61 bits per heavy atom. The number of fused-ring (bicyclic) bond motifs is 4. The Morgan fingerprint density at radius 1 is 0.889 bits per heavy atom. The molecule has 1 heteroatoms. The third-order valence-electron chi connectivity index (χ3n) is 6.16. The second-order valence-corrected chi connectivity index (χ2v) is 7.44. The summed E-state index contributed by atoms with van der Waals surface area (Å²) in [6, 6.07) is 0. The van der Waals surface area contributed by atoms with Crippen LogP contribution in [0, 0.1) is 41.4 Å². The molecule has 0 heterocycles. The smallest absolute Gasteiger partial charge is 0.0254 e. The molecule has 0 aromatic rings. The second-order valence-electron chi connectivity index (χ2n) is 7.13. The quantitative estimate of drug-likeness (QED) is 0.511. The molecule has 0 spiro atoms. The van der Waals surface area contributed by atoms with Crippen LogP contribution in [0.2, 0.25) is 0 Å². The third-order valence-corrected chi connectivity index (χ3v) is 6.55. The van der Waals surface area contributed by atoms with Crippen molar-refractivity contribution in [2.24, 2.45) is 41.4 Å². The molecule has 98 valence electrons. The molecule has 4 aliphatic carbocycles. The number of halogens is 1. The van der Waals surface area contributed by atoms with Gasteiger partial charge in [0.2, 0.25) is 0 Å². The summed E-state index contributed by atoms with van der Waals surface area (Å²) in [5.41, 5.74) is 0. The normalized spacial score (nSPS) is 49.4. The maximum absolute atomic E-state index is 6.32. The van der Waals surface area contributed by atoms with E-state index < -0.39 is 0 Å². The molecule has 2 fully saturated rings. The average molecular weight is 263 g/mol. The predicted octanol–water partition coefficient (Wildman–Crippen LogP) is 4.66. The first kappa shape index (κ1) is 11.6. The van der Waals surface area contributed by atoms with E-state index in [1.165, 1.54) is 32.1 Å². The lowest BCUT2D eigenvalue weighted by molar-refractivity contribution is 0.241. The molecule has 0 saturated heterocycles. The molecule has 7 atom stereocenters. The zero-order chi connectivity index (χ0) is 12.1. The van der Waals surface area contributed by atoms with Crippen molar-refractivity contribution in [2.45, 2.75) is 32.1 Å². The first-order valence-electron chi connectivity index (χ1n) is 7.76. The minimum atomic E-state index is 0.782. The van der Waals surface area contributed by atoms with Gasteiger partial charge < -0.3 is 0 Å². The highest BCUT2D eigenvalue weighted by Gasteiger charge is 2.42. The van der Waals surface area contributed by atoms with E-state index in [2.05, 4.69) is 24.3 Å². The van der Waals surface area contributed by atoms with Crippen molar-refractivity contribution < 1.29 is 0 Å². The van der Waals surface area contributed by atoms with Crippen LogP contribution in [0.3, 0.4) is 0 Å². The highest BCUT2D eigenvalue weighted by molar-refractivity contribution is 6.18. The van der Waals surface area contributed by atoms with Gasteiger partial charge in [-0.3, -0.25) is 0 Å². The van der Waals surface area contributed by atoms with Gasteiger partial charge in [0.25, 0.3) is 0 Å². The minimum absolute atomic E-state index is 0.782. The average Bonchev–Trinajstić information content (AvgIpc) is 3.14. The SMILES string of the molecule is ClCC(CC1CC2C=CC1C2)C1CC2C=CC1C2. The molecule has 0 nitrogen and oxygen atoms in total. The molecule has 0 aliphatic heterocycles. The molecule has 4 aliphatic rings. The van der Waals surface area contributed by atoms with Crippen LogP contribution in [0.15, 0.2) is 24.3 Å². The fourth-order valence-electron chi connectivity index (χ4n) is 5.27. The minimum Gasteiger partial charge on any atom is -0.126 e. The molecule has 0 radical (unpaired) electrons. The lowest BCUT2D eigenvalue weighted by Crippen LogP contribution is -2.24. The van der Waals surface area contributed by atoms with Gasteiger partial charge in [0.05, 0.1) is 0 Å². The molecule has 18 heavy (non-hydrogen) atoms. The first-order valence-corrected chi connectivity index (χ1v) is 8.29. The molecule has 4 bridgehead atoms. The Balaban J connectivity index is 1.43. The lowest BCUT2D eigenvalue weighted by atomic mass is 9.76. The van der Waals surface area contributed by atoms with Crippen molar-refractivity contribution in [2.75, 3.05) is 5.88 Å². The van der Waals surface area contributed by atoms with Crippen molar-refractivity contribution in [3.63, 3.8) is 0 Å². The summed E-state index contributed by atoms with van der Waals surface area (Å²) >= 11 is 6.32. The molecule has 4 rings (SSSR count). The van der Waals surface area contributed by atoms with Gasteiger partial charge in [-0.05, 0) is 73.5 Å². The van der Waals surface area contributed by atoms with Gasteiger partial charge >= 0.3 is 0 Å². The summed E-state index contributed by atoms with van der Waals surface area (Å²) in [6.45, 7) is 0. The van der Waals surface area contributed by atoms with Crippen LogP contribution in [0.1, 0.15) is 32.1 Å². The second kappa shape index (κ2) is 4.40. The third kappa shape index (κ3) is 1.80. The molecule has 7 unspecified atom stereocenters. The fourth-order valence-corrected chi connectivity index (χ4v) is 5.63. The first-order chi connectivity index (χ1) is 8.83. The van der Waals surface area contributed by atoms with E-state index in [9.17, 15) is 0 Å². The van der Waals surface area contributed by atoms with E-state index in [1.807, 2.05) is 0 Å². The summed E-state index contributed by atoms with van der Waals surface area (Å²) in [7, 11) is 0. The van der Waals surface area contributed by atoms with Crippen molar-refractivity contribution in [3.8, 4) is 0 Å². The summed E-state index contributed by atoms with van der Waals surface area (Å²) in [4.78, 5) is 0. The Hall–Kier alpha value is -0.230. The Morgan fingerprint density at radius 3 is 2.11 bits per heavy atom. The van der Waals surface area contributed by atoms with E-state index in [0.29, 0.717) is 0 Å². The number of hydrogen-bond acceptors (Lipinski definition) is 0. The highest BCUT2D eigenvalue weighted by atomic mass is 35.5. The van der Waals surface area contributed by atoms with E-state index >= 15 is 0 Å². The molecular formula is C17H23Cl. The number of allylic oxidation sites excluding steroid dienone is 4. The zero-order valence-corrected chi connectivity index (χ0v) is 11.7. The summed E-state index contributed by atoms with van der Waals surface area (Å²) < 4.78 is 0. The van der Waals surface area contributed by atoms with Crippen molar-refractivity contribution >= 4 is 11.6 Å². The maximum Gasteiger partial charge on any atom is 0.0254 e. The highest BCUT2D eigenvalue weighted by Crippen LogP contribution is 2.51. The Kier molecular flexibility index (Phi) is 2.83. The van der Waals surface area contributed by atoms with Crippen LogP contribution < -0.4 is 0 Å². The fraction of sp³-hybridized carbons (Fsp3) is 0.765. The van der Waals surface area contributed by atoms with Crippen molar-refractivity contribution in [1.29, 1.82) is 0 Å². The van der Waals surface area contributed by atoms with E-state index in [1.54, 1.807) is 0 Å². The molecule has 0 aromatic carbocycles. The van der Waals surface area contributed by atoms with Crippen LogP contribution in [0.4, 0.5) is 0 Å². The van der Waals surface area contributed by atoms with Gasteiger partial charge in [-0.15, -0.1) is 11.6 Å². The van der Waals surface area contributed by atoms with Gasteiger partial charge in [0, 0.05) is 5.88 Å². The number of hydrogen-bond donors (Lipinski definition) is 0. The standard InChI is InChI=1S/C17H23Cl/c18-10-16(17-8-12-2-4-14(17)6-12)9-15-7-11-1-3-13(15)5-11/h1-4,11-17H,5-10H2. The molecule has 0 N–H and O–H groups in total. The van der Waals surface area contributed by atoms with Crippen LogP contribution >= 0.6 is 11.6 Å². The van der Waals surface area contributed by atoms with Crippen LogP contribution in [-0.2, 0) is 0 Å². The summed E-state index contributed by atoms with van der Waals surface area (Å²) in [6.07, 6.45) is 17.0. The predicted molar refractivity (Wildman–Crippen MR) is 76.5 cm³/mol. The monoisotopic (exact) mass is 262 g/mol. The van der Waals surface area contributed by atoms with Gasteiger partial charge in [-0.2, -0.15) is 0 Å². The van der Waals surface area contributed by atoms with E-state index in [-0.39, 0.29) is 0 Å². The van der Waals surface area contributed by atoms with Gasteiger partial charge in [-0.1, -0.05) is 24.3 Å². The molecule has 2 saturated carbocycles. The van der Waals surface area contributed by atoms with Crippen LogP contribution in [-0.4, -0.2) is 5.88 Å². The number of rotatable bonds is 4. The van der Waals surface area contributed by atoms with Crippen molar-refractivity contribution in [3.05, 3.63) is 24.3 Å². The van der Waals surface area contributed by atoms with Gasteiger partial charge in [-0.25, -0.2) is 0 Å². The van der Waals surface area contributed by atoms with Crippen LogP contribution in [0.5, 0.6) is 0 Å². The lowest BCUT2D eigenvalue weighted by Gasteiger charge is -2.31. The summed E-state index contributed by atoms with van der Waals surface area (Å²) in [5, 5.41) is 0.